The molecule has 2 atom stereocenters. The molecule has 1 saturated heterocycles. The van der Waals surface area contributed by atoms with E-state index in [-0.39, 0.29) is 12.2 Å². The Kier molecular flexibility index (Phi) is 4.69. The molecule has 1 heterocycles. The van der Waals surface area contributed by atoms with Gasteiger partial charge in [0.1, 0.15) is 11.5 Å². The van der Waals surface area contributed by atoms with Gasteiger partial charge in [-0.05, 0) is 13.8 Å². The first-order chi connectivity index (χ1) is 8.19. The van der Waals surface area contributed by atoms with E-state index < -0.39 is 33.2 Å². The third-order valence-electron chi connectivity index (χ3n) is 2.46. The zero-order valence-corrected chi connectivity index (χ0v) is 11.1. The van der Waals surface area contributed by atoms with Crippen molar-refractivity contribution in [1.29, 1.82) is 0 Å². The van der Waals surface area contributed by atoms with E-state index in [0.717, 1.165) is 0 Å². The second kappa shape index (κ2) is 5.66. The third-order valence-corrected chi connectivity index (χ3v) is 3.83. The molecular formula is C10H17NO6S. The molecule has 7 nitrogen and oxygen atoms in total. The molecule has 1 rings (SSSR count). The summed E-state index contributed by atoms with van der Waals surface area (Å²) in [6, 6.07) is 0. The Hall–Kier alpha value is -1.15. The number of carbonyl (C=O) groups is 2. The lowest BCUT2D eigenvalue weighted by atomic mass is 10.2. The molecule has 0 aromatic heterocycles. The molecular weight excluding hydrogens is 262 g/mol. The van der Waals surface area contributed by atoms with Crippen LogP contribution < -0.4 is 0 Å². The highest BCUT2D eigenvalue weighted by atomic mass is 32.2. The molecule has 0 aromatic rings. The Morgan fingerprint density at radius 1 is 1.22 bits per heavy atom. The molecule has 0 aromatic carbocycles. The Labute approximate surface area is 106 Å². The van der Waals surface area contributed by atoms with E-state index in [1.165, 1.54) is 4.90 Å². The van der Waals surface area contributed by atoms with Gasteiger partial charge in [-0.1, -0.05) is 0 Å². The van der Waals surface area contributed by atoms with Gasteiger partial charge in [0.25, 0.3) is 0 Å². The number of rotatable bonds is 4. The van der Waals surface area contributed by atoms with Crippen molar-refractivity contribution in [2.24, 2.45) is 0 Å². The Balaban J connectivity index is 2.62. The van der Waals surface area contributed by atoms with Crippen molar-refractivity contribution in [3.05, 3.63) is 0 Å². The van der Waals surface area contributed by atoms with E-state index >= 15 is 0 Å². The van der Waals surface area contributed by atoms with Gasteiger partial charge >= 0.3 is 5.97 Å². The van der Waals surface area contributed by atoms with Crippen LogP contribution in [0.25, 0.3) is 0 Å². The monoisotopic (exact) mass is 279 g/mol. The number of aliphatic carboxylic acids is 1. The SMILES string of the molecule is C[C@@H]1CN(C(=O)CS(=O)(=O)CC(=O)O)C[C@H](C)O1. The molecule has 1 aliphatic rings. The first-order valence-corrected chi connectivity index (χ1v) is 7.37. The third kappa shape index (κ3) is 4.61. The highest BCUT2D eigenvalue weighted by Crippen LogP contribution is 2.11. The van der Waals surface area contributed by atoms with Crippen molar-refractivity contribution in [3.63, 3.8) is 0 Å². The molecule has 1 N–H and O–H groups in total. The molecule has 104 valence electrons. The predicted molar refractivity (Wildman–Crippen MR) is 62.9 cm³/mol. The van der Waals surface area contributed by atoms with Crippen LogP contribution in [0.2, 0.25) is 0 Å². The molecule has 0 saturated carbocycles. The minimum absolute atomic E-state index is 0.153. The van der Waals surface area contributed by atoms with Crippen molar-refractivity contribution in [2.45, 2.75) is 26.1 Å². The first-order valence-electron chi connectivity index (χ1n) is 5.55. The summed E-state index contributed by atoms with van der Waals surface area (Å²) in [5, 5.41) is 8.43. The first kappa shape index (κ1) is 14.9. The van der Waals surface area contributed by atoms with Gasteiger partial charge in [-0.2, -0.15) is 0 Å². The van der Waals surface area contributed by atoms with E-state index in [1.807, 2.05) is 0 Å². The summed E-state index contributed by atoms with van der Waals surface area (Å²) >= 11 is 0. The minimum atomic E-state index is -3.90. The van der Waals surface area contributed by atoms with Crippen LogP contribution >= 0.6 is 0 Å². The van der Waals surface area contributed by atoms with E-state index in [0.29, 0.717) is 13.1 Å². The fourth-order valence-corrected chi connectivity index (χ4v) is 2.94. The van der Waals surface area contributed by atoms with Crippen LogP contribution in [0.5, 0.6) is 0 Å². The topological polar surface area (TPSA) is 101 Å². The average Bonchev–Trinajstić information content (AvgIpc) is 2.12. The molecule has 0 unspecified atom stereocenters. The summed E-state index contributed by atoms with van der Waals surface area (Å²) in [5.41, 5.74) is 0. The van der Waals surface area contributed by atoms with Crippen LogP contribution in [-0.4, -0.2) is 67.1 Å². The number of hydrogen-bond donors (Lipinski definition) is 1. The number of nitrogens with zero attached hydrogens (tertiary/aromatic N) is 1. The number of carboxylic acids is 1. The highest BCUT2D eigenvalue weighted by Gasteiger charge is 2.29. The van der Waals surface area contributed by atoms with Crippen molar-refractivity contribution in [1.82, 2.24) is 4.90 Å². The highest BCUT2D eigenvalue weighted by molar-refractivity contribution is 7.92. The van der Waals surface area contributed by atoms with Gasteiger partial charge < -0.3 is 14.7 Å². The molecule has 0 aliphatic carbocycles. The summed E-state index contributed by atoms with van der Waals surface area (Å²) in [6.45, 7) is 4.24. The number of ether oxygens (including phenoxy) is 1. The fourth-order valence-electron chi connectivity index (χ4n) is 1.90. The molecule has 0 radical (unpaired) electrons. The largest absolute Gasteiger partial charge is 0.480 e. The van der Waals surface area contributed by atoms with Crippen molar-refractivity contribution >= 4 is 21.7 Å². The Morgan fingerprint density at radius 3 is 2.17 bits per heavy atom. The second-order valence-corrected chi connectivity index (χ2v) is 6.55. The lowest BCUT2D eigenvalue weighted by molar-refractivity contribution is -0.140. The van der Waals surface area contributed by atoms with E-state index in [9.17, 15) is 18.0 Å². The summed E-state index contributed by atoms with van der Waals surface area (Å²) in [7, 11) is -3.90. The fraction of sp³-hybridized carbons (Fsp3) is 0.800. The molecule has 1 aliphatic heterocycles. The summed E-state index contributed by atoms with van der Waals surface area (Å²) in [6.07, 6.45) is -0.306. The van der Waals surface area contributed by atoms with Crippen LogP contribution in [0.3, 0.4) is 0 Å². The number of carboxylic acid groups (broad SMARTS) is 1. The number of amides is 1. The Bertz CT molecular complexity index is 422. The number of sulfone groups is 1. The van der Waals surface area contributed by atoms with E-state index in [4.69, 9.17) is 9.84 Å². The lowest BCUT2D eigenvalue weighted by Gasteiger charge is -2.35. The molecule has 8 heteroatoms. The van der Waals surface area contributed by atoms with Gasteiger partial charge in [0.2, 0.25) is 5.91 Å². The average molecular weight is 279 g/mol. The van der Waals surface area contributed by atoms with Crippen LogP contribution in [0, 0.1) is 0 Å². The maximum Gasteiger partial charge on any atom is 0.318 e. The molecule has 0 spiro atoms. The van der Waals surface area contributed by atoms with Gasteiger partial charge in [0, 0.05) is 13.1 Å². The maximum atomic E-state index is 11.8. The summed E-state index contributed by atoms with van der Waals surface area (Å²) in [5.74, 6) is -3.81. The van der Waals surface area contributed by atoms with E-state index in [2.05, 4.69) is 0 Å². The van der Waals surface area contributed by atoms with E-state index in [1.54, 1.807) is 13.8 Å². The Morgan fingerprint density at radius 2 is 1.72 bits per heavy atom. The summed E-state index contributed by atoms with van der Waals surface area (Å²) in [4.78, 5) is 23.5. The number of morpholine rings is 1. The number of carbonyl (C=O) groups excluding carboxylic acids is 1. The lowest BCUT2D eigenvalue weighted by Crippen LogP contribution is -2.50. The minimum Gasteiger partial charge on any atom is -0.480 e. The van der Waals surface area contributed by atoms with Crippen LogP contribution in [0.4, 0.5) is 0 Å². The zero-order valence-electron chi connectivity index (χ0n) is 10.3. The van der Waals surface area contributed by atoms with Gasteiger partial charge in [-0.25, -0.2) is 8.42 Å². The molecule has 1 fully saturated rings. The van der Waals surface area contributed by atoms with Crippen LogP contribution in [0.15, 0.2) is 0 Å². The second-order valence-electron chi connectivity index (χ2n) is 4.48. The van der Waals surface area contributed by atoms with Gasteiger partial charge in [-0.15, -0.1) is 0 Å². The van der Waals surface area contributed by atoms with Crippen LogP contribution in [0.1, 0.15) is 13.8 Å². The normalized spacial score (nSPS) is 24.9. The summed E-state index contributed by atoms with van der Waals surface area (Å²) < 4.78 is 28.2. The standard InChI is InChI=1S/C10H17NO6S/c1-7-3-11(4-8(2)17-7)9(12)5-18(15,16)6-10(13)14/h7-8H,3-6H2,1-2H3,(H,13,14)/t7-,8+. The van der Waals surface area contributed by atoms with Gasteiger partial charge in [0.15, 0.2) is 9.84 Å². The van der Waals surface area contributed by atoms with Crippen molar-refractivity contribution < 1.29 is 27.9 Å². The van der Waals surface area contributed by atoms with Crippen LogP contribution in [-0.2, 0) is 24.2 Å². The smallest absolute Gasteiger partial charge is 0.318 e. The quantitative estimate of drug-likeness (QED) is 0.717. The predicted octanol–water partition coefficient (Wildman–Crippen LogP) is -0.878. The van der Waals surface area contributed by atoms with Crippen molar-refractivity contribution in [3.8, 4) is 0 Å². The number of hydrogen-bond acceptors (Lipinski definition) is 5. The van der Waals surface area contributed by atoms with Crippen molar-refractivity contribution in [2.75, 3.05) is 24.6 Å². The zero-order chi connectivity index (χ0) is 13.9. The molecule has 0 bridgehead atoms. The maximum absolute atomic E-state index is 11.8. The van der Waals surface area contributed by atoms with Gasteiger partial charge in [-0.3, -0.25) is 9.59 Å². The molecule has 1 amide bonds. The van der Waals surface area contributed by atoms with Gasteiger partial charge in [0.05, 0.1) is 12.2 Å². The molecule has 18 heavy (non-hydrogen) atoms.